The summed E-state index contributed by atoms with van der Waals surface area (Å²) in [5.41, 5.74) is 6.66. The van der Waals surface area contributed by atoms with Crippen molar-refractivity contribution in [2.24, 2.45) is 5.73 Å². The van der Waals surface area contributed by atoms with Crippen LogP contribution in [0.4, 0.5) is 0 Å². The normalized spacial score (nSPS) is 19.2. The molecule has 1 saturated carbocycles. The molecule has 2 aromatic rings. The molecule has 0 saturated heterocycles. The van der Waals surface area contributed by atoms with E-state index >= 15 is 0 Å². The Morgan fingerprint density at radius 1 is 1.46 bits per heavy atom. The number of rotatable bonds is 1. The molecule has 0 aliphatic heterocycles. The zero-order chi connectivity index (χ0) is 8.89. The van der Waals surface area contributed by atoms with Crippen molar-refractivity contribution in [1.29, 1.82) is 0 Å². The van der Waals surface area contributed by atoms with Gasteiger partial charge in [0.1, 0.15) is 5.76 Å². The molecule has 0 amide bonds. The average Bonchev–Trinajstić information content (AvgIpc) is 2.76. The third-order valence-electron chi connectivity index (χ3n) is 2.60. The van der Waals surface area contributed by atoms with E-state index in [1.807, 2.05) is 12.1 Å². The summed E-state index contributed by atoms with van der Waals surface area (Å²) in [6, 6.07) is 3.96. The van der Waals surface area contributed by atoms with E-state index in [2.05, 4.69) is 4.98 Å². The quantitative estimate of drug-likeness (QED) is 0.716. The van der Waals surface area contributed by atoms with E-state index in [9.17, 15) is 0 Å². The van der Waals surface area contributed by atoms with Gasteiger partial charge in [-0.25, -0.2) is 0 Å². The molecule has 1 aliphatic rings. The molecule has 0 unspecified atom stereocenters. The van der Waals surface area contributed by atoms with Crippen LogP contribution in [0.15, 0.2) is 28.9 Å². The number of hydrogen-bond acceptors (Lipinski definition) is 3. The SMILES string of the molecule is NC1(c2cc3ccncc3o2)CC1. The first kappa shape index (κ1) is 7.09. The molecule has 0 atom stereocenters. The van der Waals surface area contributed by atoms with Crippen molar-refractivity contribution in [3.8, 4) is 0 Å². The summed E-state index contributed by atoms with van der Waals surface area (Å²) >= 11 is 0. The highest BCUT2D eigenvalue weighted by Crippen LogP contribution is 2.44. The molecule has 3 heteroatoms. The van der Waals surface area contributed by atoms with Crippen molar-refractivity contribution in [3.63, 3.8) is 0 Å². The third kappa shape index (κ3) is 0.971. The van der Waals surface area contributed by atoms with Crippen molar-refractivity contribution in [3.05, 3.63) is 30.3 Å². The van der Waals surface area contributed by atoms with Crippen molar-refractivity contribution in [2.45, 2.75) is 18.4 Å². The molecule has 1 aliphatic carbocycles. The molecule has 0 spiro atoms. The number of nitrogens with zero attached hydrogens (tertiary/aromatic N) is 1. The minimum atomic E-state index is -0.182. The number of aromatic nitrogens is 1. The minimum absolute atomic E-state index is 0.182. The predicted molar refractivity (Wildman–Crippen MR) is 49.1 cm³/mol. The van der Waals surface area contributed by atoms with E-state index in [-0.39, 0.29) is 5.54 Å². The van der Waals surface area contributed by atoms with Gasteiger partial charge >= 0.3 is 0 Å². The van der Waals surface area contributed by atoms with E-state index < -0.39 is 0 Å². The lowest BCUT2D eigenvalue weighted by molar-refractivity contribution is 0.486. The van der Waals surface area contributed by atoms with Crippen LogP contribution in [0.1, 0.15) is 18.6 Å². The van der Waals surface area contributed by atoms with Gasteiger partial charge in [0.05, 0.1) is 11.7 Å². The molecule has 2 N–H and O–H groups in total. The topological polar surface area (TPSA) is 52.0 Å². The number of nitrogens with two attached hydrogens (primary N) is 1. The molecule has 2 aromatic heterocycles. The molecule has 13 heavy (non-hydrogen) atoms. The van der Waals surface area contributed by atoms with Gasteiger partial charge in [-0.3, -0.25) is 4.98 Å². The van der Waals surface area contributed by atoms with E-state index in [0.717, 1.165) is 29.6 Å². The number of pyridine rings is 1. The third-order valence-corrected chi connectivity index (χ3v) is 2.60. The lowest BCUT2D eigenvalue weighted by atomic mass is 10.2. The molecule has 0 aromatic carbocycles. The Kier molecular flexibility index (Phi) is 1.15. The van der Waals surface area contributed by atoms with E-state index in [1.54, 1.807) is 12.4 Å². The number of fused-ring (bicyclic) bond motifs is 1. The van der Waals surface area contributed by atoms with Gasteiger partial charge in [-0.2, -0.15) is 0 Å². The molecule has 1 fully saturated rings. The first-order valence-corrected chi connectivity index (χ1v) is 4.41. The predicted octanol–water partition coefficient (Wildman–Crippen LogP) is 1.78. The maximum Gasteiger partial charge on any atom is 0.152 e. The highest BCUT2D eigenvalue weighted by molar-refractivity contribution is 5.77. The lowest BCUT2D eigenvalue weighted by Crippen LogP contribution is -2.17. The van der Waals surface area contributed by atoms with Gasteiger partial charge in [0.25, 0.3) is 0 Å². The van der Waals surface area contributed by atoms with Gasteiger partial charge in [0.2, 0.25) is 0 Å². The summed E-state index contributed by atoms with van der Waals surface area (Å²) in [5.74, 6) is 0.899. The summed E-state index contributed by atoms with van der Waals surface area (Å²) in [6.07, 6.45) is 5.54. The van der Waals surface area contributed by atoms with Crippen LogP contribution in [-0.4, -0.2) is 4.98 Å². The molecular formula is C10H10N2O. The molecule has 2 heterocycles. The Labute approximate surface area is 75.6 Å². The Morgan fingerprint density at radius 3 is 3.00 bits per heavy atom. The second-order valence-electron chi connectivity index (χ2n) is 3.68. The Hall–Kier alpha value is -1.35. The van der Waals surface area contributed by atoms with E-state index in [0.29, 0.717) is 0 Å². The fourth-order valence-corrected chi connectivity index (χ4v) is 1.51. The van der Waals surface area contributed by atoms with Crippen LogP contribution in [-0.2, 0) is 5.54 Å². The Morgan fingerprint density at radius 2 is 2.31 bits per heavy atom. The largest absolute Gasteiger partial charge is 0.457 e. The molecule has 3 nitrogen and oxygen atoms in total. The molecule has 0 radical (unpaired) electrons. The summed E-state index contributed by atoms with van der Waals surface area (Å²) in [6.45, 7) is 0. The molecule has 3 rings (SSSR count). The Balaban J connectivity index is 2.22. The minimum Gasteiger partial charge on any atom is -0.457 e. The van der Waals surface area contributed by atoms with Crippen LogP contribution in [0.3, 0.4) is 0 Å². The monoisotopic (exact) mass is 174 g/mol. The average molecular weight is 174 g/mol. The summed E-state index contributed by atoms with van der Waals surface area (Å²) in [5, 5.41) is 1.08. The lowest BCUT2D eigenvalue weighted by Gasteiger charge is -2.01. The maximum absolute atomic E-state index is 6.02. The fourth-order valence-electron chi connectivity index (χ4n) is 1.51. The van der Waals surface area contributed by atoms with Crippen molar-refractivity contribution in [1.82, 2.24) is 4.98 Å². The zero-order valence-corrected chi connectivity index (χ0v) is 7.16. The van der Waals surface area contributed by atoms with Crippen molar-refractivity contribution < 1.29 is 4.42 Å². The van der Waals surface area contributed by atoms with Crippen LogP contribution in [0.5, 0.6) is 0 Å². The van der Waals surface area contributed by atoms with E-state index in [1.165, 1.54) is 0 Å². The smallest absolute Gasteiger partial charge is 0.152 e. The van der Waals surface area contributed by atoms with Crippen molar-refractivity contribution in [2.75, 3.05) is 0 Å². The van der Waals surface area contributed by atoms with Gasteiger partial charge < -0.3 is 10.2 Å². The van der Waals surface area contributed by atoms with E-state index in [4.69, 9.17) is 10.2 Å². The molecule has 66 valence electrons. The molecular weight excluding hydrogens is 164 g/mol. The second-order valence-corrected chi connectivity index (χ2v) is 3.68. The van der Waals surface area contributed by atoms with Crippen LogP contribution >= 0.6 is 0 Å². The Bertz CT molecular complexity index is 424. The van der Waals surface area contributed by atoms with Crippen LogP contribution < -0.4 is 5.73 Å². The maximum atomic E-state index is 6.02. The second kappa shape index (κ2) is 2.12. The first-order valence-electron chi connectivity index (χ1n) is 4.41. The van der Waals surface area contributed by atoms with Gasteiger partial charge in [-0.05, 0) is 25.0 Å². The highest BCUT2D eigenvalue weighted by atomic mass is 16.3. The number of furan rings is 1. The van der Waals surface area contributed by atoms with Crippen LogP contribution in [0.2, 0.25) is 0 Å². The van der Waals surface area contributed by atoms with Crippen LogP contribution in [0, 0.1) is 0 Å². The van der Waals surface area contributed by atoms with Gasteiger partial charge in [0.15, 0.2) is 5.58 Å². The highest BCUT2D eigenvalue weighted by Gasteiger charge is 2.43. The first-order chi connectivity index (χ1) is 6.28. The summed E-state index contributed by atoms with van der Waals surface area (Å²) < 4.78 is 5.61. The van der Waals surface area contributed by atoms with Gasteiger partial charge in [0, 0.05) is 11.6 Å². The fraction of sp³-hybridized carbons (Fsp3) is 0.300. The van der Waals surface area contributed by atoms with Gasteiger partial charge in [-0.1, -0.05) is 0 Å². The molecule has 0 bridgehead atoms. The van der Waals surface area contributed by atoms with Crippen molar-refractivity contribution >= 4 is 11.0 Å². The summed E-state index contributed by atoms with van der Waals surface area (Å²) in [4.78, 5) is 3.99. The summed E-state index contributed by atoms with van der Waals surface area (Å²) in [7, 11) is 0. The standard InChI is InChI=1S/C10H10N2O/c11-10(2-3-10)9-5-7-1-4-12-6-8(7)13-9/h1,4-6H,2-3,11H2. The van der Waals surface area contributed by atoms with Gasteiger partial charge in [-0.15, -0.1) is 0 Å². The zero-order valence-electron chi connectivity index (χ0n) is 7.16. The van der Waals surface area contributed by atoms with Crippen LogP contribution in [0.25, 0.3) is 11.0 Å². The number of hydrogen-bond donors (Lipinski definition) is 1.